The van der Waals surface area contributed by atoms with Crippen molar-refractivity contribution in [1.82, 2.24) is 9.55 Å². The number of thiophene rings is 1. The fraction of sp³-hybridized carbons (Fsp3) is 0.227. The summed E-state index contributed by atoms with van der Waals surface area (Å²) in [5.41, 5.74) is 4.51. The lowest BCUT2D eigenvalue weighted by atomic mass is 10.1. The van der Waals surface area contributed by atoms with Crippen molar-refractivity contribution in [1.29, 1.82) is 0 Å². The van der Waals surface area contributed by atoms with E-state index in [1.165, 1.54) is 15.9 Å². The predicted octanol–water partition coefficient (Wildman–Crippen LogP) is 4.48. The van der Waals surface area contributed by atoms with Crippen LogP contribution in [0, 0.1) is 27.7 Å². The van der Waals surface area contributed by atoms with E-state index in [9.17, 15) is 9.59 Å². The molecule has 0 saturated carbocycles. The number of amides is 1. The Bertz CT molecular complexity index is 1280. The number of benzene rings is 2. The van der Waals surface area contributed by atoms with Crippen LogP contribution in [0.4, 0.5) is 5.69 Å². The van der Waals surface area contributed by atoms with Gasteiger partial charge in [0.1, 0.15) is 17.1 Å². The summed E-state index contributed by atoms with van der Waals surface area (Å²) in [5.74, 6) is 0.302. The number of aromatic nitrogens is 2. The van der Waals surface area contributed by atoms with Crippen LogP contribution in [0.5, 0.6) is 0 Å². The third-order valence-corrected chi connectivity index (χ3v) is 6.06. The number of hydrogen-bond donors (Lipinski definition) is 1. The van der Waals surface area contributed by atoms with E-state index >= 15 is 0 Å². The minimum Gasteiger partial charge on any atom is -0.324 e. The fourth-order valence-electron chi connectivity index (χ4n) is 3.67. The van der Waals surface area contributed by atoms with Crippen molar-refractivity contribution in [3.63, 3.8) is 0 Å². The van der Waals surface area contributed by atoms with E-state index in [1.807, 2.05) is 57.2 Å². The molecule has 0 spiro atoms. The molecule has 5 nitrogen and oxygen atoms in total. The molecule has 2 aromatic carbocycles. The van der Waals surface area contributed by atoms with Crippen molar-refractivity contribution in [2.45, 2.75) is 34.2 Å². The molecule has 2 aromatic heterocycles. The first-order valence-corrected chi connectivity index (χ1v) is 9.93. The minimum absolute atomic E-state index is 0.0609. The first kappa shape index (κ1) is 18.4. The maximum Gasteiger partial charge on any atom is 0.272 e. The second-order valence-electron chi connectivity index (χ2n) is 7.15. The molecule has 6 heteroatoms. The lowest BCUT2D eigenvalue weighted by Crippen LogP contribution is -2.30. The molecule has 1 N–H and O–H groups in total. The van der Waals surface area contributed by atoms with Crippen LogP contribution in [0.3, 0.4) is 0 Å². The Kier molecular flexibility index (Phi) is 4.51. The van der Waals surface area contributed by atoms with Crippen molar-refractivity contribution >= 4 is 43.2 Å². The smallest absolute Gasteiger partial charge is 0.272 e. The molecule has 0 saturated heterocycles. The average Bonchev–Trinajstić information content (AvgIpc) is 3.00. The lowest BCUT2D eigenvalue weighted by molar-refractivity contribution is -0.116. The van der Waals surface area contributed by atoms with Crippen LogP contribution in [0.15, 0.2) is 41.2 Å². The Labute approximate surface area is 166 Å². The first-order valence-electron chi connectivity index (χ1n) is 9.11. The van der Waals surface area contributed by atoms with Gasteiger partial charge >= 0.3 is 0 Å². The summed E-state index contributed by atoms with van der Waals surface area (Å²) < 4.78 is 3.06. The topological polar surface area (TPSA) is 64.0 Å². The normalized spacial score (nSPS) is 11.3. The Balaban J connectivity index is 1.71. The number of nitrogens with one attached hydrogen (secondary N) is 1. The molecule has 0 bridgehead atoms. The molecular formula is C22H21N3O2S. The SMILES string of the molecule is Cc1cc(C)c(NC(=O)Cn2c(C)nc3c(sc4ccccc43)c2=O)c(C)c1. The number of aryl methyl sites for hydroxylation is 4. The van der Waals surface area contributed by atoms with Crippen LogP contribution < -0.4 is 10.9 Å². The Morgan fingerprint density at radius 2 is 1.79 bits per heavy atom. The monoisotopic (exact) mass is 391 g/mol. The van der Waals surface area contributed by atoms with E-state index < -0.39 is 0 Å². The summed E-state index contributed by atoms with van der Waals surface area (Å²) in [6.07, 6.45) is 0. The number of carbonyl (C=O) groups is 1. The van der Waals surface area contributed by atoms with Crippen LogP contribution in [0.25, 0.3) is 20.3 Å². The van der Waals surface area contributed by atoms with Gasteiger partial charge in [0.2, 0.25) is 5.91 Å². The zero-order valence-corrected chi connectivity index (χ0v) is 17.1. The highest BCUT2D eigenvalue weighted by molar-refractivity contribution is 7.25. The van der Waals surface area contributed by atoms with Crippen LogP contribution in [0.2, 0.25) is 0 Å². The van der Waals surface area contributed by atoms with Crippen molar-refractivity contribution in [3.8, 4) is 0 Å². The Morgan fingerprint density at radius 3 is 2.50 bits per heavy atom. The van der Waals surface area contributed by atoms with E-state index in [-0.39, 0.29) is 18.0 Å². The first-order chi connectivity index (χ1) is 13.3. The van der Waals surface area contributed by atoms with Crippen LogP contribution in [-0.2, 0) is 11.3 Å². The van der Waals surface area contributed by atoms with Gasteiger partial charge in [0.25, 0.3) is 5.56 Å². The quantitative estimate of drug-likeness (QED) is 0.560. The summed E-state index contributed by atoms with van der Waals surface area (Å²) >= 11 is 1.42. The van der Waals surface area contributed by atoms with Gasteiger partial charge < -0.3 is 5.32 Å². The molecule has 4 rings (SSSR count). The zero-order valence-electron chi connectivity index (χ0n) is 16.3. The molecule has 0 aliphatic carbocycles. The summed E-state index contributed by atoms with van der Waals surface area (Å²) in [5, 5.41) is 3.94. The highest BCUT2D eigenvalue weighted by atomic mass is 32.1. The van der Waals surface area contributed by atoms with Gasteiger partial charge in [0.15, 0.2) is 0 Å². The number of nitrogens with zero attached hydrogens (tertiary/aromatic N) is 2. The van der Waals surface area contributed by atoms with E-state index in [0.717, 1.165) is 32.5 Å². The second kappa shape index (κ2) is 6.87. The minimum atomic E-state index is -0.234. The highest BCUT2D eigenvalue weighted by Crippen LogP contribution is 2.30. The molecule has 2 heterocycles. The summed E-state index contributed by atoms with van der Waals surface area (Å²) in [7, 11) is 0. The third-order valence-electron chi connectivity index (χ3n) is 4.92. The van der Waals surface area contributed by atoms with Crippen molar-refractivity contribution in [2.75, 3.05) is 5.32 Å². The molecule has 0 aliphatic rings. The molecule has 4 aromatic rings. The Hall–Kier alpha value is -2.99. The molecule has 0 atom stereocenters. The zero-order chi connectivity index (χ0) is 20.0. The molecular weight excluding hydrogens is 370 g/mol. The lowest BCUT2D eigenvalue weighted by Gasteiger charge is -2.14. The standard InChI is InChI=1S/C22H21N3O2S/c1-12-9-13(2)19(14(3)10-12)24-18(26)11-25-15(4)23-20-16-7-5-6-8-17(16)28-21(20)22(25)27/h5-10H,11H2,1-4H3,(H,24,26). The molecule has 28 heavy (non-hydrogen) atoms. The van der Waals surface area contributed by atoms with Gasteiger partial charge in [-0.15, -0.1) is 11.3 Å². The fourth-order valence-corrected chi connectivity index (χ4v) is 4.76. The molecule has 0 unspecified atom stereocenters. The van der Waals surface area contributed by atoms with Gasteiger partial charge in [-0.2, -0.15) is 0 Å². The van der Waals surface area contributed by atoms with Crippen molar-refractivity contribution < 1.29 is 4.79 Å². The number of fused-ring (bicyclic) bond motifs is 3. The number of hydrogen-bond acceptors (Lipinski definition) is 4. The summed E-state index contributed by atoms with van der Waals surface area (Å²) in [6, 6.07) is 11.9. The molecule has 0 fully saturated rings. The maximum absolute atomic E-state index is 13.0. The predicted molar refractivity (Wildman–Crippen MR) is 115 cm³/mol. The van der Waals surface area contributed by atoms with Gasteiger partial charge in [0.05, 0.1) is 5.52 Å². The van der Waals surface area contributed by atoms with Gasteiger partial charge in [-0.1, -0.05) is 35.9 Å². The highest BCUT2D eigenvalue weighted by Gasteiger charge is 2.16. The van der Waals surface area contributed by atoms with Gasteiger partial charge in [-0.25, -0.2) is 4.98 Å². The largest absolute Gasteiger partial charge is 0.324 e. The summed E-state index contributed by atoms with van der Waals surface area (Å²) in [6.45, 7) is 7.67. The Morgan fingerprint density at radius 1 is 1.11 bits per heavy atom. The summed E-state index contributed by atoms with van der Waals surface area (Å²) in [4.78, 5) is 30.4. The van der Waals surface area contributed by atoms with Crippen molar-refractivity contribution in [2.24, 2.45) is 0 Å². The van der Waals surface area contributed by atoms with Gasteiger partial charge in [0, 0.05) is 15.8 Å². The molecule has 0 aliphatic heterocycles. The number of anilines is 1. The number of carbonyl (C=O) groups excluding carboxylic acids is 1. The van der Waals surface area contributed by atoms with E-state index in [4.69, 9.17) is 0 Å². The van der Waals surface area contributed by atoms with Crippen LogP contribution in [-0.4, -0.2) is 15.5 Å². The molecule has 142 valence electrons. The van der Waals surface area contributed by atoms with E-state index in [0.29, 0.717) is 16.0 Å². The average molecular weight is 391 g/mol. The van der Waals surface area contributed by atoms with Gasteiger partial charge in [-0.3, -0.25) is 14.2 Å². The maximum atomic E-state index is 13.0. The molecule has 1 amide bonds. The third kappa shape index (κ3) is 3.10. The molecule has 0 radical (unpaired) electrons. The van der Waals surface area contributed by atoms with Crippen molar-refractivity contribution in [3.05, 3.63) is 69.3 Å². The van der Waals surface area contributed by atoms with Gasteiger partial charge in [-0.05, 0) is 44.9 Å². The second-order valence-corrected chi connectivity index (χ2v) is 8.20. The van der Waals surface area contributed by atoms with Crippen LogP contribution >= 0.6 is 11.3 Å². The number of rotatable bonds is 3. The van der Waals surface area contributed by atoms with E-state index in [1.54, 1.807) is 6.92 Å². The van der Waals surface area contributed by atoms with E-state index in [2.05, 4.69) is 10.3 Å². The van der Waals surface area contributed by atoms with Crippen LogP contribution in [0.1, 0.15) is 22.5 Å².